The van der Waals surface area contributed by atoms with Gasteiger partial charge in [-0.2, -0.15) is 0 Å². The normalized spacial score (nSPS) is 29.2. The molecular formula is C12H24N2O. The largest absolute Gasteiger partial charge is 0.381 e. The van der Waals surface area contributed by atoms with Crippen molar-refractivity contribution in [2.75, 3.05) is 33.4 Å². The Kier molecular flexibility index (Phi) is 3.65. The minimum atomic E-state index is 0.414. The fraction of sp³-hybridized carbons (Fsp3) is 1.00. The summed E-state index contributed by atoms with van der Waals surface area (Å²) in [7, 11) is 2.08. The molecule has 88 valence electrons. The molecule has 15 heavy (non-hydrogen) atoms. The van der Waals surface area contributed by atoms with Gasteiger partial charge in [-0.25, -0.2) is 0 Å². The average molecular weight is 212 g/mol. The van der Waals surface area contributed by atoms with E-state index < -0.39 is 0 Å². The van der Waals surface area contributed by atoms with E-state index in [-0.39, 0.29) is 0 Å². The van der Waals surface area contributed by atoms with Gasteiger partial charge in [-0.05, 0) is 39.7 Å². The van der Waals surface area contributed by atoms with Crippen LogP contribution < -0.4 is 5.32 Å². The molecule has 2 aliphatic rings. The number of nitrogens with zero attached hydrogens (tertiary/aromatic N) is 1. The molecule has 3 heteroatoms. The van der Waals surface area contributed by atoms with Crippen molar-refractivity contribution >= 4 is 0 Å². The van der Waals surface area contributed by atoms with Crippen molar-refractivity contribution in [1.82, 2.24) is 10.2 Å². The monoisotopic (exact) mass is 212 g/mol. The number of rotatable bonds is 2. The summed E-state index contributed by atoms with van der Waals surface area (Å²) in [6.45, 7) is 6.81. The van der Waals surface area contributed by atoms with Gasteiger partial charge < -0.3 is 10.1 Å². The molecule has 0 bridgehead atoms. The Balaban J connectivity index is 1.88. The van der Waals surface area contributed by atoms with E-state index in [0.29, 0.717) is 5.54 Å². The highest BCUT2D eigenvalue weighted by Gasteiger charge is 2.35. The van der Waals surface area contributed by atoms with Crippen LogP contribution in [0, 0.1) is 0 Å². The van der Waals surface area contributed by atoms with Crippen molar-refractivity contribution in [3.05, 3.63) is 0 Å². The maximum absolute atomic E-state index is 5.46. The third-order valence-electron chi connectivity index (χ3n) is 4.24. The van der Waals surface area contributed by atoms with Crippen LogP contribution >= 0.6 is 0 Å². The van der Waals surface area contributed by atoms with Crippen LogP contribution in [0.2, 0.25) is 0 Å². The van der Waals surface area contributed by atoms with Crippen LogP contribution in [0.25, 0.3) is 0 Å². The van der Waals surface area contributed by atoms with Crippen molar-refractivity contribution in [2.24, 2.45) is 0 Å². The molecule has 1 N–H and O–H groups in total. The quantitative estimate of drug-likeness (QED) is 0.745. The highest BCUT2D eigenvalue weighted by molar-refractivity contribution is 4.91. The van der Waals surface area contributed by atoms with Crippen LogP contribution in [0.4, 0.5) is 0 Å². The zero-order valence-corrected chi connectivity index (χ0v) is 10.1. The maximum atomic E-state index is 5.46. The molecule has 0 spiro atoms. The molecule has 3 nitrogen and oxygen atoms in total. The summed E-state index contributed by atoms with van der Waals surface area (Å²) in [4.78, 5) is 2.68. The highest BCUT2D eigenvalue weighted by atomic mass is 16.5. The molecule has 0 amide bonds. The summed E-state index contributed by atoms with van der Waals surface area (Å²) in [5.41, 5.74) is 0.414. The van der Waals surface area contributed by atoms with Crippen LogP contribution in [0.15, 0.2) is 0 Å². The fourth-order valence-electron chi connectivity index (χ4n) is 2.84. The number of likely N-dealkylation sites (tertiary alicyclic amines) is 1. The number of nitrogens with one attached hydrogen (secondary N) is 1. The second-order valence-corrected chi connectivity index (χ2v) is 5.16. The van der Waals surface area contributed by atoms with E-state index in [1.807, 2.05) is 0 Å². The molecule has 2 saturated heterocycles. The van der Waals surface area contributed by atoms with Crippen LogP contribution in [-0.2, 0) is 4.74 Å². The van der Waals surface area contributed by atoms with Gasteiger partial charge in [0.2, 0.25) is 0 Å². The molecule has 0 radical (unpaired) electrons. The Morgan fingerprint density at radius 2 is 1.80 bits per heavy atom. The van der Waals surface area contributed by atoms with Crippen molar-refractivity contribution in [2.45, 2.75) is 44.2 Å². The fourth-order valence-corrected chi connectivity index (χ4v) is 2.84. The van der Waals surface area contributed by atoms with Gasteiger partial charge in [-0.3, -0.25) is 4.90 Å². The lowest BCUT2D eigenvalue weighted by atomic mass is 9.88. The first kappa shape index (κ1) is 11.4. The summed E-state index contributed by atoms with van der Waals surface area (Å²) in [6.07, 6.45) is 5.01. The van der Waals surface area contributed by atoms with E-state index in [2.05, 4.69) is 24.2 Å². The Morgan fingerprint density at radius 3 is 2.33 bits per heavy atom. The van der Waals surface area contributed by atoms with Crippen molar-refractivity contribution in [3.8, 4) is 0 Å². The second kappa shape index (κ2) is 4.81. The molecular weight excluding hydrogens is 188 g/mol. The molecule has 2 heterocycles. The Hall–Kier alpha value is -0.120. The number of ether oxygens (including phenoxy) is 1. The minimum absolute atomic E-state index is 0.414. The van der Waals surface area contributed by atoms with Crippen LogP contribution in [0.3, 0.4) is 0 Å². The molecule has 0 aromatic rings. The summed E-state index contributed by atoms with van der Waals surface area (Å²) in [5, 5.41) is 3.39. The first-order valence-electron chi connectivity index (χ1n) is 6.25. The van der Waals surface area contributed by atoms with Crippen molar-refractivity contribution < 1.29 is 4.74 Å². The van der Waals surface area contributed by atoms with Gasteiger partial charge in [0.15, 0.2) is 0 Å². The lowest BCUT2D eigenvalue weighted by molar-refractivity contribution is -0.0292. The van der Waals surface area contributed by atoms with Crippen LogP contribution in [0.5, 0.6) is 0 Å². The second-order valence-electron chi connectivity index (χ2n) is 5.16. The SMILES string of the molecule is CNC1CCN(C2(C)CCOCC2)CC1. The van der Waals surface area contributed by atoms with E-state index in [9.17, 15) is 0 Å². The molecule has 2 aliphatic heterocycles. The molecule has 0 atom stereocenters. The zero-order chi connectivity index (χ0) is 10.7. The van der Waals surface area contributed by atoms with Gasteiger partial charge in [0.05, 0.1) is 0 Å². The van der Waals surface area contributed by atoms with Crippen LogP contribution in [-0.4, -0.2) is 49.8 Å². The minimum Gasteiger partial charge on any atom is -0.381 e. The first-order chi connectivity index (χ1) is 7.24. The summed E-state index contributed by atoms with van der Waals surface area (Å²) < 4.78 is 5.46. The molecule has 2 fully saturated rings. The predicted octanol–water partition coefficient (Wildman–Crippen LogP) is 1.24. The first-order valence-corrected chi connectivity index (χ1v) is 6.25. The standard InChI is InChI=1S/C12H24N2O/c1-12(5-9-15-10-6-12)14-7-3-11(13-2)4-8-14/h11,13H,3-10H2,1-2H3. The van der Waals surface area contributed by atoms with E-state index in [1.54, 1.807) is 0 Å². The molecule has 2 rings (SSSR count). The van der Waals surface area contributed by atoms with Gasteiger partial charge in [0, 0.05) is 37.9 Å². The average Bonchev–Trinajstić information content (AvgIpc) is 2.30. The number of hydrogen-bond acceptors (Lipinski definition) is 3. The van der Waals surface area contributed by atoms with Crippen LogP contribution in [0.1, 0.15) is 32.6 Å². The molecule has 0 aromatic carbocycles. The van der Waals surface area contributed by atoms with Gasteiger partial charge in [-0.15, -0.1) is 0 Å². The van der Waals surface area contributed by atoms with Gasteiger partial charge in [0.25, 0.3) is 0 Å². The zero-order valence-electron chi connectivity index (χ0n) is 10.1. The third kappa shape index (κ3) is 2.52. The predicted molar refractivity (Wildman–Crippen MR) is 62.1 cm³/mol. The van der Waals surface area contributed by atoms with Gasteiger partial charge in [-0.1, -0.05) is 0 Å². The molecule has 0 saturated carbocycles. The van der Waals surface area contributed by atoms with Gasteiger partial charge in [0.1, 0.15) is 0 Å². The molecule has 0 aliphatic carbocycles. The Labute approximate surface area is 93.2 Å². The molecule has 0 aromatic heterocycles. The summed E-state index contributed by atoms with van der Waals surface area (Å²) in [6, 6.07) is 0.740. The van der Waals surface area contributed by atoms with Crippen molar-refractivity contribution in [1.29, 1.82) is 0 Å². The summed E-state index contributed by atoms with van der Waals surface area (Å²) in [5.74, 6) is 0. The van der Waals surface area contributed by atoms with E-state index in [0.717, 1.165) is 19.3 Å². The third-order valence-corrected chi connectivity index (χ3v) is 4.24. The topological polar surface area (TPSA) is 24.5 Å². The number of hydrogen-bond donors (Lipinski definition) is 1. The van der Waals surface area contributed by atoms with E-state index in [1.165, 1.54) is 38.8 Å². The lowest BCUT2D eigenvalue weighted by Crippen LogP contribution is -2.54. The van der Waals surface area contributed by atoms with E-state index >= 15 is 0 Å². The lowest BCUT2D eigenvalue weighted by Gasteiger charge is -2.47. The number of piperidine rings is 1. The van der Waals surface area contributed by atoms with E-state index in [4.69, 9.17) is 4.74 Å². The Morgan fingerprint density at radius 1 is 1.20 bits per heavy atom. The van der Waals surface area contributed by atoms with Crippen molar-refractivity contribution in [3.63, 3.8) is 0 Å². The molecule has 0 unspecified atom stereocenters. The smallest absolute Gasteiger partial charge is 0.0483 e. The maximum Gasteiger partial charge on any atom is 0.0483 e. The van der Waals surface area contributed by atoms with Gasteiger partial charge >= 0.3 is 0 Å². The Bertz CT molecular complexity index is 194. The highest BCUT2D eigenvalue weighted by Crippen LogP contribution is 2.29. The summed E-state index contributed by atoms with van der Waals surface area (Å²) >= 11 is 0.